The van der Waals surface area contributed by atoms with E-state index < -0.39 is 0 Å². The third-order valence-corrected chi connectivity index (χ3v) is 5.43. The first-order valence-electron chi connectivity index (χ1n) is 7.92. The molecule has 1 aromatic carbocycles. The van der Waals surface area contributed by atoms with Crippen molar-refractivity contribution in [3.05, 3.63) is 34.9 Å². The van der Waals surface area contributed by atoms with Crippen LogP contribution in [0.15, 0.2) is 18.2 Å². The van der Waals surface area contributed by atoms with Crippen LogP contribution in [0.1, 0.15) is 54.1 Å². The molecule has 20 heavy (non-hydrogen) atoms. The van der Waals surface area contributed by atoms with Gasteiger partial charge in [0.15, 0.2) is 0 Å². The Balaban J connectivity index is 1.68. The van der Waals surface area contributed by atoms with Crippen molar-refractivity contribution in [1.82, 2.24) is 5.32 Å². The Morgan fingerprint density at radius 1 is 1.25 bits per heavy atom. The molecule has 108 valence electrons. The summed E-state index contributed by atoms with van der Waals surface area (Å²) >= 11 is 0. The molecule has 2 aliphatic rings. The highest BCUT2D eigenvalue weighted by atomic mass is 16.1. The number of amides is 1. The summed E-state index contributed by atoms with van der Waals surface area (Å²) in [7, 11) is 0. The summed E-state index contributed by atoms with van der Waals surface area (Å²) in [5.41, 5.74) is 3.04. The third kappa shape index (κ3) is 2.48. The van der Waals surface area contributed by atoms with E-state index in [9.17, 15) is 4.79 Å². The van der Waals surface area contributed by atoms with Crippen molar-refractivity contribution in [3.63, 3.8) is 0 Å². The zero-order valence-corrected chi connectivity index (χ0v) is 12.8. The zero-order chi connectivity index (χ0) is 14.3. The lowest BCUT2D eigenvalue weighted by atomic mass is 9.84. The normalized spacial score (nSPS) is 29.4. The number of benzene rings is 1. The Bertz CT molecular complexity index is 522. The smallest absolute Gasteiger partial charge is 0.251 e. The zero-order valence-electron chi connectivity index (χ0n) is 12.8. The molecule has 1 amide bonds. The monoisotopic (exact) mass is 271 g/mol. The van der Waals surface area contributed by atoms with Crippen molar-refractivity contribution in [2.75, 3.05) is 0 Å². The number of carbonyl (C=O) groups is 1. The molecular formula is C18H25NO. The Hall–Kier alpha value is -1.31. The van der Waals surface area contributed by atoms with Crippen LogP contribution in [0.2, 0.25) is 0 Å². The van der Waals surface area contributed by atoms with Gasteiger partial charge in [0.1, 0.15) is 0 Å². The standard InChI is InChI=1S/C18H25NO/c1-11-4-5-12(2)16(8-11)18(20)19-13(3)17-10-14-6-7-15(17)9-14/h4-5,8,13-15,17H,6-7,9-10H2,1-3H3,(H,19,20)/t13-,14-,15-,17-/m0/s1. The quantitative estimate of drug-likeness (QED) is 0.888. The Labute approximate surface area is 122 Å². The van der Waals surface area contributed by atoms with Gasteiger partial charge in [-0.3, -0.25) is 4.79 Å². The van der Waals surface area contributed by atoms with Crippen LogP contribution < -0.4 is 5.32 Å². The first kappa shape index (κ1) is 13.7. The summed E-state index contributed by atoms with van der Waals surface area (Å²) in [5.74, 6) is 2.59. The third-order valence-electron chi connectivity index (χ3n) is 5.43. The van der Waals surface area contributed by atoms with Gasteiger partial charge in [0.2, 0.25) is 0 Å². The van der Waals surface area contributed by atoms with E-state index in [-0.39, 0.29) is 5.91 Å². The first-order valence-corrected chi connectivity index (χ1v) is 7.92. The van der Waals surface area contributed by atoms with Crippen LogP contribution in [0.3, 0.4) is 0 Å². The molecule has 2 heteroatoms. The SMILES string of the molecule is Cc1ccc(C)c(C(=O)N[C@@H](C)[C@@H]2C[C@H]3CC[C@H]2C3)c1. The molecule has 0 unspecified atom stereocenters. The highest BCUT2D eigenvalue weighted by Crippen LogP contribution is 2.49. The molecule has 2 aliphatic carbocycles. The van der Waals surface area contributed by atoms with Gasteiger partial charge in [0, 0.05) is 11.6 Å². The van der Waals surface area contributed by atoms with Crippen molar-refractivity contribution < 1.29 is 4.79 Å². The van der Waals surface area contributed by atoms with Crippen LogP contribution >= 0.6 is 0 Å². The predicted molar refractivity (Wildman–Crippen MR) is 81.8 cm³/mol. The summed E-state index contributed by atoms with van der Waals surface area (Å²) in [6.45, 7) is 6.24. The number of fused-ring (bicyclic) bond motifs is 2. The number of hydrogen-bond acceptors (Lipinski definition) is 1. The average Bonchev–Trinajstić information content (AvgIpc) is 3.03. The first-order chi connectivity index (χ1) is 9.54. The number of hydrogen-bond donors (Lipinski definition) is 1. The van der Waals surface area contributed by atoms with Gasteiger partial charge in [-0.05, 0) is 69.4 Å². The molecule has 4 atom stereocenters. The minimum absolute atomic E-state index is 0.0986. The molecule has 2 fully saturated rings. The second-order valence-electron chi connectivity index (χ2n) is 6.92. The van der Waals surface area contributed by atoms with E-state index >= 15 is 0 Å². The molecule has 2 nitrogen and oxygen atoms in total. The highest BCUT2D eigenvalue weighted by Gasteiger charge is 2.42. The number of rotatable bonds is 3. The second kappa shape index (κ2) is 5.23. The van der Waals surface area contributed by atoms with Gasteiger partial charge in [0.25, 0.3) is 5.91 Å². The molecule has 0 heterocycles. The highest BCUT2D eigenvalue weighted by molar-refractivity contribution is 5.96. The average molecular weight is 271 g/mol. The van der Waals surface area contributed by atoms with E-state index in [1.165, 1.54) is 25.7 Å². The lowest BCUT2D eigenvalue weighted by molar-refractivity contribution is 0.0914. The van der Waals surface area contributed by atoms with Gasteiger partial charge in [0.05, 0.1) is 0 Å². The minimum atomic E-state index is 0.0986. The van der Waals surface area contributed by atoms with Crippen LogP contribution in [-0.2, 0) is 0 Å². The van der Waals surface area contributed by atoms with E-state index in [1.54, 1.807) is 0 Å². The minimum Gasteiger partial charge on any atom is -0.349 e. The van der Waals surface area contributed by atoms with E-state index in [0.717, 1.165) is 28.5 Å². The van der Waals surface area contributed by atoms with Crippen LogP contribution in [-0.4, -0.2) is 11.9 Å². The van der Waals surface area contributed by atoms with Gasteiger partial charge < -0.3 is 5.32 Å². The fourth-order valence-electron chi connectivity index (χ4n) is 4.28. The molecule has 0 radical (unpaired) electrons. The van der Waals surface area contributed by atoms with Crippen LogP contribution in [0.25, 0.3) is 0 Å². The second-order valence-corrected chi connectivity index (χ2v) is 6.92. The van der Waals surface area contributed by atoms with Crippen molar-refractivity contribution >= 4 is 5.91 Å². The maximum absolute atomic E-state index is 12.5. The Morgan fingerprint density at radius 2 is 2.05 bits per heavy atom. The Morgan fingerprint density at radius 3 is 2.70 bits per heavy atom. The molecule has 2 saturated carbocycles. The number of carbonyl (C=O) groups excluding carboxylic acids is 1. The van der Waals surface area contributed by atoms with Gasteiger partial charge in [-0.2, -0.15) is 0 Å². The molecule has 0 aromatic heterocycles. The molecule has 2 bridgehead atoms. The molecule has 0 aliphatic heterocycles. The van der Waals surface area contributed by atoms with Crippen LogP contribution in [0.4, 0.5) is 0 Å². The van der Waals surface area contributed by atoms with Gasteiger partial charge in [-0.1, -0.05) is 24.1 Å². The van der Waals surface area contributed by atoms with E-state index in [2.05, 4.69) is 18.3 Å². The predicted octanol–water partition coefficient (Wildman–Crippen LogP) is 3.86. The molecule has 0 saturated heterocycles. The summed E-state index contributed by atoms with van der Waals surface area (Å²) in [6.07, 6.45) is 5.51. The number of aryl methyl sites for hydroxylation is 2. The fraction of sp³-hybridized carbons (Fsp3) is 0.611. The van der Waals surface area contributed by atoms with Crippen molar-refractivity contribution in [3.8, 4) is 0 Å². The lowest BCUT2D eigenvalue weighted by Crippen LogP contribution is -2.40. The summed E-state index contributed by atoms with van der Waals surface area (Å²) < 4.78 is 0. The summed E-state index contributed by atoms with van der Waals surface area (Å²) in [4.78, 5) is 12.5. The molecule has 3 rings (SSSR count). The van der Waals surface area contributed by atoms with E-state index in [4.69, 9.17) is 0 Å². The van der Waals surface area contributed by atoms with Gasteiger partial charge in [-0.15, -0.1) is 0 Å². The van der Waals surface area contributed by atoms with Crippen LogP contribution in [0, 0.1) is 31.6 Å². The summed E-state index contributed by atoms with van der Waals surface area (Å²) in [6, 6.07) is 6.40. The van der Waals surface area contributed by atoms with E-state index in [1.807, 2.05) is 26.0 Å². The number of nitrogens with one attached hydrogen (secondary N) is 1. The summed E-state index contributed by atoms with van der Waals surface area (Å²) in [5, 5.41) is 3.25. The van der Waals surface area contributed by atoms with Crippen LogP contribution in [0.5, 0.6) is 0 Å². The largest absolute Gasteiger partial charge is 0.349 e. The Kier molecular flexibility index (Phi) is 3.57. The fourth-order valence-corrected chi connectivity index (χ4v) is 4.28. The molecule has 0 spiro atoms. The van der Waals surface area contributed by atoms with Crippen molar-refractivity contribution in [2.24, 2.45) is 17.8 Å². The topological polar surface area (TPSA) is 29.1 Å². The molecular weight excluding hydrogens is 246 g/mol. The molecule has 1 aromatic rings. The van der Waals surface area contributed by atoms with E-state index in [0.29, 0.717) is 12.0 Å². The van der Waals surface area contributed by atoms with Gasteiger partial charge >= 0.3 is 0 Å². The maximum Gasteiger partial charge on any atom is 0.251 e. The maximum atomic E-state index is 12.5. The molecule has 1 N–H and O–H groups in total. The van der Waals surface area contributed by atoms with Crippen molar-refractivity contribution in [2.45, 2.75) is 52.5 Å². The van der Waals surface area contributed by atoms with Crippen molar-refractivity contribution in [1.29, 1.82) is 0 Å². The lowest BCUT2D eigenvalue weighted by Gasteiger charge is -2.28. The van der Waals surface area contributed by atoms with Gasteiger partial charge in [-0.25, -0.2) is 0 Å².